The number of anilines is 2. The van der Waals surface area contributed by atoms with Crippen molar-refractivity contribution in [1.29, 1.82) is 0 Å². The Morgan fingerprint density at radius 2 is 1.63 bits per heavy atom. The van der Waals surface area contributed by atoms with Crippen LogP contribution in [0.1, 0.15) is 0 Å². The van der Waals surface area contributed by atoms with Gasteiger partial charge in [-0.2, -0.15) is 0 Å². The van der Waals surface area contributed by atoms with E-state index in [9.17, 15) is 8.42 Å². The summed E-state index contributed by atoms with van der Waals surface area (Å²) < 4.78 is 23.7. The van der Waals surface area contributed by atoms with Gasteiger partial charge in [0.1, 0.15) is 5.52 Å². The van der Waals surface area contributed by atoms with Gasteiger partial charge in [0.2, 0.25) is 10.0 Å². The SMILES string of the molecule is NS(=O)(=O)c1ccc(N2CCN(c3ccnc4cc(Br)cnc34)CC2)cc1. The largest absolute Gasteiger partial charge is 0.368 e. The molecule has 3 heterocycles. The third-order valence-corrected chi connectivity index (χ3v) is 6.04. The molecule has 7 nitrogen and oxygen atoms in total. The molecule has 0 bridgehead atoms. The second-order valence-corrected chi connectivity index (χ2v) is 8.84. The smallest absolute Gasteiger partial charge is 0.238 e. The monoisotopic (exact) mass is 447 g/mol. The minimum absolute atomic E-state index is 0.130. The van der Waals surface area contributed by atoms with E-state index in [2.05, 4.69) is 35.7 Å². The Morgan fingerprint density at radius 1 is 0.963 bits per heavy atom. The molecule has 27 heavy (non-hydrogen) atoms. The molecule has 0 saturated carbocycles. The Bertz CT molecular complexity index is 1080. The maximum absolute atomic E-state index is 11.4. The van der Waals surface area contributed by atoms with Crippen LogP contribution in [-0.2, 0) is 10.0 Å². The van der Waals surface area contributed by atoms with Crippen molar-refractivity contribution in [1.82, 2.24) is 9.97 Å². The molecular weight excluding hydrogens is 430 g/mol. The lowest BCUT2D eigenvalue weighted by Crippen LogP contribution is -2.46. The summed E-state index contributed by atoms with van der Waals surface area (Å²) in [5.41, 5.74) is 3.83. The van der Waals surface area contributed by atoms with Crippen LogP contribution >= 0.6 is 15.9 Å². The van der Waals surface area contributed by atoms with Crippen molar-refractivity contribution in [2.75, 3.05) is 36.0 Å². The first-order chi connectivity index (χ1) is 12.9. The highest BCUT2D eigenvalue weighted by Gasteiger charge is 2.20. The van der Waals surface area contributed by atoms with E-state index in [4.69, 9.17) is 5.14 Å². The van der Waals surface area contributed by atoms with Crippen LogP contribution < -0.4 is 14.9 Å². The van der Waals surface area contributed by atoms with Crippen LogP contribution in [0.3, 0.4) is 0 Å². The van der Waals surface area contributed by atoms with Gasteiger partial charge in [-0.1, -0.05) is 0 Å². The van der Waals surface area contributed by atoms with Gasteiger partial charge in [-0.15, -0.1) is 0 Å². The van der Waals surface area contributed by atoms with E-state index in [-0.39, 0.29) is 4.90 Å². The highest BCUT2D eigenvalue weighted by atomic mass is 79.9. The number of rotatable bonds is 3. The quantitative estimate of drug-likeness (QED) is 0.662. The molecule has 0 amide bonds. The van der Waals surface area contributed by atoms with Crippen molar-refractivity contribution in [3.63, 3.8) is 0 Å². The minimum Gasteiger partial charge on any atom is -0.368 e. The van der Waals surface area contributed by atoms with Gasteiger partial charge in [0.25, 0.3) is 0 Å². The van der Waals surface area contributed by atoms with Crippen LogP contribution in [0.15, 0.2) is 58.2 Å². The van der Waals surface area contributed by atoms with Gasteiger partial charge in [-0.25, -0.2) is 13.6 Å². The van der Waals surface area contributed by atoms with Gasteiger partial charge < -0.3 is 9.80 Å². The Morgan fingerprint density at radius 3 is 2.30 bits per heavy atom. The summed E-state index contributed by atoms with van der Waals surface area (Å²) >= 11 is 3.44. The first kappa shape index (κ1) is 18.1. The number of benzene rings is 1. The van der Waals surface area contributed by atoms with E-state index < -0.39 is 10.0 Å². The molecule has 1 aliphatic heterocycles. The first-order valence-corrected chi connectivity index (χ1v) is 10.8. The summed E-state index contributed by atoms with van der Waals surface area (Å²) in [6.07, 6.45) is 3.60. The fraction of sp³-hybridized carbons (Fsp3) is 0.222. The minimum atomic E-state index is -3.66. The zero-order valence-electron chi connectivity index (χ0n) is 14.4. The van der Waals surface area contributed by atoms with Crippen molar-refractivity contribution < 1.29 is 8.42 Å². The molecule has 1 aromatic carbocycles. The molecule has 4 rings (SSSR count). The predicted molar refractivity (Wildman–Crippen MR) is 109 cm³/mol. The van der Waals surface area contributed by atoms with Gasteiger partial charge >= 0.3 is 0 Å². The normalized spacial score (nSPS) is 15.3. The molecule has 1 aliphatic rings. The Kier molecular flexibility index (Phi) is 4.75. The fourth-order valence-electron chi connectivity index (χ4n) is 3.30. The number of hydrogen-bond acceptors (Lipinski definition) is 6. The summed E-state index contributed by atoms with van der Waals surface area (Å²) in [5.74, 6) is 0. The first-order valence-electron chi connectivity index (χ1n) is 8.45. The van der Waals surface area contributed by atoms with E-state index in [0.717, 1.165) is 53.1 Å². The van der Waals surface area contributed by atoms with Crippen LogP contribution in [0.5, 0.6) is 0 Å². The summed E-state index contributed by atoms with van der Waals surface area (Å²) in [6, 6.07) is 10.7. The second kappa shape index (κ2) is 7.06. The van der Waals surface area contributed by atoms with Gasteiger partial charge in [-0.3, -0.25) is 9.97 Å². The summed E-state index contributed by atoms with van der Waals surface area (Å²) in [6.45, 7) is 3.34. The van der Waals surface area contributed by atoms with Crippen molar-refractivity contribution in [2.24, 2.45) is 5.14 Å². The van der Waals surface area contributed by atoms with Gasteiger partial charge in [-0.05, 0) is 52.3 Å². The Labute approximate surface area is 166 Å². The van der Waals surface area contributed by atoms with E-state index in [0.29, 0.717) is 0 Å². The third-order valence-electron chi connectivity index (χ3n) is 4.67. The fourth-order valence-corrected chi connectivity index (χ4v) is 4.13. The zero-order chi connectivity index (χ0) is 19.0. The number of piperazine rings is 1. The molecule has 9 heteroatoms. The molecule has 140 valence electrons. The maximum atomic E-state index is 11.4. The number of hydrogen-bond donors (Lipinski definition) is 1. The molecule has 1 fully saturated rings. The molecule has 3 aromatic rings. The Hall–Kier alpha value is -2.23. The molecule has 2 N–H and O–H groups in total. The maximum Gasteiger partial charge on any atom is 0.238 e. The lowest BCUT2D eigenvalue weighted by molar-refractivity contribution is 0.597. The van der Waals surface area contributed by atoms with E-state index in [1.165, 1.54) is 0 Å². The molecule has 2 aromatic heterocycles. The standard InChI is InChI=1S/C18H18BrN5O2S/c19-13-11-16-18(22-12-13)17(5-6-21-16)24-9-7-23(8-10-24)14-1-3-15(4-2-14)27(20,25)26/h1-6,11-12H,7-10H2,(H2,20,25,26). The van der Waals surface area contributed by atoms with Crippen LogP contribution in [0, 0.1) is 0 Å². The van der Waals surface area contributed by atoms with Gasteiger partial charge in [0.05, 0.1) is 16.1 Å². The molecule has 0 atom stereocenters. The number of aromatic nitrogens is 2. The van der Waals surface area contributed by atoms with Crippen LogP contribution in [0.25, 0.3) is 11.0 Å². The van der Waals surface area contributed by atoms with E-state index in [1.807, 2.05) is 18.3 Å². The molecule has 1 saturated heterocycles. The van der Waals surface area contributed by atoms with Gasteiger partial charge in [0.15, 0.2) is 0 Å². The molecule has 0 unspecified atom stereocenters. The molecule has 0 aliphatic carbocycles. The van der Waals surface area contributed by atoms with E-state index in [1.54, 1.807) is 30.5 Å². The number of fused-ring (bicyclic) bond motifs is 1. The number of sulfonamides is 1. The Balaban J connectivity index is 1.51. The number of nitrogens with two attached hydrogens (primary N) is 1. The van der Waals surface area contributed by atoms with Crippen molar-refractivity contribution in [3.8, 4) is 0 Å². The second-order valence-electron chi connectivity index (χ2n) is 6.36. The summed E-state index contributed by atoms with van der Waals surface area (Å²) in [7, 11) is -3.66. The molecular formula is C18H18BrN5O2S. The third kappa shape index (κ3) is 3.76. The summed E-state index contributed by atoms with van der Waals surface area (Å²) in [5, 5.41) is 5.16. The van der Waals surface area contributed by atoms with Crippen LogP contribution in [-0.4, -0.2) is 44.6 Å². The van der Waals surface area contributed by atoms with Crippen molar-refractivity contribution in [2.45, 2.75) is 4.90 Å². The topological polar surface area (TPSA) is 92.4 Å². The number of halogens is 1. The number of pyridine rings is 2. The summed E-state index contributed by atoms with van der Waals surface area (Å²) in [4.78, 5) is 13.6. The molecule has 0 radical (unpaired) electrons. The highest BCUT2D eigenvalue weighted by Crippen LogP contribution is 2.27. The predicted octanol–water partition coefficient (Wildman–Crippen LogP) is 2.37. The van der Waals surface area contributed by atoms with E-state index >= 15 is 0 Å². The highest BCUT2D eigenvalue weighted by molar-refractivity contribution is 9.10. The number of primary sulfonamides is 1. The number of nitrogens with zero attached hydrogens (tertiary/aromatic N) is 4. The van der Waals surface area contributed by atoms with Crippen molar-refractivity contribution >= 4 is 48.4 Å². The van der Waals surface area contributed by atoms with Crippen molar-refractivity contribution in [3.05, 3.63) is 53.3 Å². The average Bonchev–Trinajstić information content (AvgIpc) is 2.67. The lowest BCUT2D eigenvalue weighted by atomic mass is 10.2. The zero-order valence-corrected chi connectivity index (χ0v) is 16.8. The van der Waals surface area contributed by atoms with Crippen LogP contribution in [0.2, 0.25) is 0 Å². The van der Waals surface area contributed by atoms with Crippen LogP contribution in [0.4, 0.5) is 11.4 Å². The average molecular weight is 448 g/mol. The molecule has 0 spiro atoms. The van der Waals surface area contributed by atoms with Gasteiger partial charge in [0, 0.05) is 48.7 Å². The lowest BCUT2D eigenvalue weighted by Gasteiger charge is -2.37.